The van der Waals surface area contributed by atoms with E-state index in [4.69, 9.17) is 0 Å². The van der Waals surface area contributed by atoms with Crippen LogP contribution in [-0.4, -0.2) is 13.1 Å². The highest BCUT2D eigenvalue weighted by Gasteiger charge is 2.30. The molecule has 0 radical (unpaired) electrons. The zero-order chi connectivity index (χ0) is 12.3. The molecule has 0 unspecified atom stereocenters. The van der Waals surface area contributed by atoms with E-state index < -0.39 is 11.7 Å². The van der Waals surface area contributed by atoms with Gasteiger partial charge in [0.25, 0.3) is 0 Å². The molecule has 1 aliphatic heterocycles. The maximum Gasteiger partial charge on any atom is 0.416 e. The second kappa shape index (κ2) is 4.92. The fourth-order valence-corrected chi connectivity index (χ4v) is 1.94. The lowest BCUT2D eigenvalue weighted by molar-refractivity contribution is -0.137. The summed E-state index contributed by atoms with van der Waals surface area (Å²) < 4.78 is 37.5. The summed E-state index contributed by atoms with van der Waals surface area (Å²) in [6.45, 7) is 1.76. The maximum absolute atomic E-state index is 12.5. The van der Waals surface area contributed by atoms with E-state index >= 15 is 0 Å². The number of alkyl halides is 3. The summed E-state index contributed by atoms with van der Waals surface area (Å²) in [6.07, 6.45) is -0.408. The van der Waals surface area contributed by atoms with Gasteiger partial charge >= 0.3 is 6.18 Å². The average Bonchev–Trinajstić information content (AvgIpc) is 2.29. The van der Waals surface area contributed by atoms with E-state index in [0.29, 0.717) is 5.56 Å². The maximum atomic E-state index is 12.5. The summed E-state index contributed by atoms with van der Waals surface area (Å²) in [6, 6.07) is 5.45. The van der Waals surface area contributed by atoms with E-state index in [9.17, 15) is 13.2 Å². The molecule has 1 aromatic rings. The van der Waals surface area contributed by atoms with Crippen molar-refractivity contribution in [1.29, 1.82) is 0 Å². The molecule has 1 nitrogen and oxygen atoms in total. The molecule has 1 aliphatic rings. The van der Waals surface area contributed by atoms with Gasteiger partial charge in [-0.25, -0.2) is 0 Å². The SMILES string of the molecule is FC(F)(F)c1cccc(/C=C2/CCCNC2)c1. The van der Waals surface area contributed by atoms with Crippen LogP contribution >= 0.6 is 0 Å². The van der Waals surface area contributed by atoms with Crippen LogP contribution in [0.5, 0.6) is 0 Å². The van der Waals surface area contributed by atoms with Crippen LogP contribution in [0.25, 0.3) is 6.08 Å². The third-order valence-corrected chi connectivity index (χ3v) is 2.79. The Kier molecular flexibility index (Phi) is 3.52. The first-order chi connectivity index (χ1) is 8.05. The Morgan fingerprint density at radius 2 is 2.06 bits per heavy atom. The summed E-state index contributed by atoms with van der Waals surface area (Å²) in [5.74, 6) is 0. The van der Waals surface area contributed by atoms with E-state index in [0.717, 1.165) is 37.6 Å². The highest BCUT2D eigenvalue weighted by Crippen LogP contribution is 2.30. The molecule has 1 aromatic carbocycles. The molecule has 17 heavy (non-hydrogen) atoms. The van der Waals surface area contributed by atoms with Gasteiger partial charge in [-0.05, 0) is 37.1 Å². The lowest BCUT2D eigenvalue weighted by Gasteiger charge is -2.15. The third kappa shape index (κ3) is 3.33. The minimum Gasteiger partial charge on any atom is -0.313 e. The summed E-state index contributed by atoms with van der Waals surface area (Å²) in [5, 5.41) is 3.21. The predicted molar refractivity (Wildman–Crippen MR) is 61.5 cm³/mol. The van der Waals surface area contributed by atoms with E-state index in [2.05, 4.69) is 5.32 Å². The molecule has 0 aromatic heterocycles. The van der Waals surface area contributed by atoms with Gasteiger partial charge in [0.2, 0.25) is 0 Å². The van der Waals surface area contributed by atoms with Crippen LogP contribution in [0.4, 0.5) is 13.2 Å². The van der Waals surface area contributed by atoms with Crippen molar-refractivity contribution in [3.8, 4) is 0 Å². The molecule has 0 saturated carbocycles. The molecule has 1 saturated heterocycles. The predicted octanol–water partition coefficient (Wildman–Crippen LogP) is 3.47. The molecular weight excluding hydrogens is 227 g/mol. The van der Waals surface area contributed by atoms with Gasteiger partial charge in [-0.2, -0.15) is 13.2 Å². The number of nitrogens with one attached hydrogen (secondary N) is 1. The minimum atomic E-state index is -4.26. The third-order valence-electron chi connectivity index (χ3n) is 2.79. The minimum absolute atomic E-state index is 0.587. The van der Waals surface area contributed by atoms with Crippen LogP contribution in [0.2, 0.25) is 0 Å². The molecular formula is C13H14F3N. The van der Waals surface area contributed by atoms with E-state index in [-0.39, 0.29) is 0 Å². The Hall–Kier alpha value is -1.29. The normalized spacial score (nSPS) is 19.6. The van der Waals surface area contributed by atoms with Crippen LogP contribution in [0.3, 0.4) is 0 Å². The lowest BCUT2D eigenvalue weighted by Crippen LogP contribution is -2.23. The number of piperidine rings is 1. The van der Waals surface area contributed by atoms with Crippen molar-refractivity contribution in [1.82, 2.24) is 5.32 Å². The first-order valence-electron chi connectivity index (χ1n) is 5.63. The van der Waals surface area contributed by atoms with Gasteiger partial charge in [-0.1, -0.05) is 23.8 Å². The fourth-order valence-electron chi connectivity index (χ4n) is 1.94. The van der Waals surface area contributed by atoms with Crippen LogP contribution < -0.4 is 5.32 Å². The van der Waals surface area contributed by atoms with Crippen molar-refractivity contribution < 1.29 is 13.2 Å². The molecule has 0 atom stereocenters. The van der Waals surface area contributed by atoms with Gasteiger partial charge in [0, 0.05) is 6.54 Å². The zero-order valence-electron chi connectivity index (χ0n) is 9.35. The van der Waals surface area contributed by atoms with Crippen LogP contribution in [-0.2, 0) is 6.18 Å². The van der Waals surface area contributed by atoms with Gasteiger partial charge in [-0.3, -0.25) is 0 Å². The summed E-state index contributed by atoms with van der Waals surface area (Å²) >= 11 is 0. The lowest BCUT2D eigenvalue weighted by atomic mass is 10.0. The van der Waals surface area contributed by atoms with Crippen LogP contribution in [0.15, 0.2) is 29.8 Å². The molecule has 1 N–H and O–H groups in total. The van der Waals surface area contributed by atoms with Crippen molar-refractivity contribution >= 4 is 6.08 Å². The molecule has 4 heteroatoms. The Balaban J connectivity index is 2.21. The van der Waals surface area contributed by atoms with Gasteiger partial charge in [-0.15, -0.1) is 0 Å². The first kappa shape index (κ1) is 12.2. The quantitative estimate of drug-likeness (QED) is 0.793. The molecule has 1 heterocycles. The van der Waals surface area contributed by atoms with Gasteiger partial charge in [0.15, 0.2) is 0 Å². The number of rotatable bonds is 1. The molecule has 0 amide bonds. The highest BCUT2D eigenvalue weighted by molar-refractivity contribution is 5.54. The Bertz CT molecular complexity index is 413. The van der Waals surface area contributed by atoms with Gasteiger partial charge < -0.3 is 5.32 Å². The summed E-state index contributed by atoms with van der Waals surface area (Å²) in [4.78, 5) is 0. The Morgan fingerprint density at radius 3 is 2.71 bits per heavy atom. The van der Waals surface area contributed by atoms with Crippen molar-refractivity contribution in [2.75, 3.05) is 13.1 Å². The van der Waals surface area contributed by atoms with E-state index in [1.54, 1.807) is 6.07 Å². The Morgan fingerprint density at radius 1 is 1.24 bits per heavy atom. The standard InChI is InChI=1S/C13H14F3N/c14-13(15,16)12-5-1-3-10(8-12)7-11-4-2-6-17-9-11/h1,3,5,7-8,17H,2,4,6,9H2/b11-7-. The van der Waals surface area contributed by atoms with Crippen molar-refractivity contribution in [2.45, 2.75) is 19.0 Å². The van der Waals surface area contributed by atoms with Crippen molar-refractivity contribution in [3.63, 3.8) is 0 Å². The average molecular weight is 241 g/mol. The van der Waals surface area contributed by atoms with Gasteiger partial charge in [0.05, 0.1) is 5.56 Å². The number of halogens is 3. The Labute approximate surface area is 98.3 Å². The number of benzene rings is 1. The van der Waals surface area contributed by atoms with Gasteiger partial charge in [0.1, 0.15) is 0 Å². The van der Waals surface area contributed by atoms with Crippen LogP contribution in [0, 0.1) is 0 Å². The highest BCUT2D eigenvalue weighted by atomic mass is 19.4. The molecule has 0 spiro atoms. The molecule has 0 aliphatic carbocycles. The van der Waals surface area contributed by atoms with Crippen molar-refractivity contribution in [2.24, 2.45) is 0 Å². The monoisotopic (exact) mass is 241 g/mol. The number of hydrogen-bond acceptors (Lipinski definition) is 1. The molecule has 92 valence electrons. The molecule has 2 rings (SSSR count). The largest absolute Gasteiger partial charge is 0.416 e. The second-order valence-corrected chi connectivity index (χ2v) is 4.21. The number of hydrogen-bond donors (Lipinski definition) is 1. The summed E-state index contributed by atoms with van der Waals surface area (Å²) in [7, 11) is 0. The second-order valence-electron chi connectivity index (χ2n) is 4.21. The van der Waals surface area contributed by atoms with E-state index in [1.807, 2.05) is 6.08 Å². The topological polar surface area (TPSA) is 12.0 Å². The van der Waals surface area contributed by atoms with Crippen LogP contribution in [0.1, 0.15) is 24.0 Å². The smallest absolute Gasteiger partial charge is 0.313 e. The molecule has 1 fully saturated rings. The van der Waals surface area contributed by atoms with E-state index in [1.165, 1.54) is 12.1 Å². The van der Waals surface area contributed by atoms with Crippen molar-refractivity contribution in [3.05, 3.63) is 41.0 Å². The fraction of sp³-hybridized carbons (Fsp3) is 0.385. The summed E-state index contributed by atoms with van der Waals surface area (Å²) in [5.41, 5.74) is 1.20. The molecule has 0 bridgehead atoms. The zero-order valence-corrected chi connectivity index (χ0v) is 9.35. The first-order valence-corrected chi connectivity index (χ1v) is 5.63.